The SMILES string of the molecule is COCC(CN1C(=O)C(CC(C)C)NC1CC(C)C)OC. The van der Waals surface area contributed by atoms with Gasteiger partial charge in [0.05, 0.1) is 31.5 Å². The van der Waals surface area contributed by atoms with Crippen molar-refractivity contribution in [3.63, 3.8) is 0 Å². The molecule has 5 nitrogen and oxygen atoms in total. The van der Waals surface area contributed by atoms with Crippen LogP contribution in [0.25, 0.3) is 0 Å². The van der Waals surface area contributed by atoms with Gasteiger partial charge in [0.2, 0.25) is 5.91 Å². The Morgan fingerprint density at radius 1 is 1.14 bits per heavy atom. The lowest BCUT2D eigenvalue weighted by molar-refractivity contribution is -0.132. The van der Waals surface area contributed by atoms with E-state index >= 15 is 0 Å². The van der Waals surface area contributed by atoms with Gasteiger partial charge in [-0.25, -0.2) is 0 Å². The second kappa shape index (κ2) is 8.71. The van der Waals surface area contributed by atoms with Crippen LogP contribution in [0.5, 0.6) is 0 Å². The van der Waals surface area contributed by atoms with Crippen LogP contribution in [0.15, 0.2) is 0 Å². The Morgan fingerprint density at radius 2 is 1.76 bits per heavy atom. The van der Waals surface area contributed by atoms with Crippen molar-refractivity contribution in [2.75, 3.05) is 27.4 Å². The molecule has 1 N–H and O–H groups in total. The Balaban J connectivity index is 2.76. The van der Waals surface area contributed by atoms with Crippen LogP contribution in [-0.2, 0) is 14.3 Å². The van der Waals surface area contributed by atoms with E-state index in [1.807, 2.05) is 4.90 Å². The molecule has 1 saturated heterocycles. The van der Waals surface area contributed by atoms with Gasteiger partial charge in [-0.2, -0.15) is 0 Å². The van der Waals surface area contributed by atoms with Gasteiger partial charge < -0.3 is 14.4 Å². The zero-order valence-corrected chi connectivity index (χ0v) is 14.4. The number of carbonyl (C=O) groups is 1. The number of hydrogen-bond donors (Lipinski definition) is 1. The smallest absolute Gasteiger partial charge is 0.241 e. The fourth-order valence-corrected chi connectivity index (χ4v) is 2.85. The molecule has 0 aromatic carbocycles. The summed E-state index contributed by atoms with van der Waals surface area (Å²) in [4.78, 5) is 14.6. The van der Waals surface area contributed by atoms with Gasteiger partial charge >= 0.3 is 0 Å². The van der Waals surface area contributed by atoms with Gasteiger partial charge in [0.25, 0.3) is 0 Å². The van der Waals surface area contributed by atoms with Gasteiger partial charge in [0, 0.05) is 14.2 Å². The number of ether oxygens (including phenoxy) is 2. The molecule has 1 fully saturated rings. The minimum absolute atomic E-state index is 0.0613. The van der Waals surface area contributed by atoms with Crippen LogP contribution in [0.1, 0.15) is 40.5 Å². The Hall–Kier alpha value is -0.650. The van der Waals surface area contributed by atoms with Gasteiger partial charge in [-0.15, -0.1) is 0 Å². The van der Waals surface area contributed by atoms with Gasteiger partial charge in [0.1, 0.15) is 0 Å². The van der Waals surface area contributed by atoms with E-state index in [1.165, 1.54) is 0 Å². The summed E-state index contributed by atoms with van der Waals surface area (Å²) in [7, 11) is 3.32. The van der Waals surface area contributed by atoms with Crippen molar-refractivity contribution in [3.05, 3.63) is 0 Å². The van der Waals surface area contributed by atoms with Crippen LogP contribution in [0.4, 0.5) is 0 Å². The first kappa shape index (κ1) is 18.4. The summed E-state index contributed by atoms with van der Waals surface area (Å²) in [6.07, 6.45) is 1.87. The molecule has 21 heavy (non-hydrogen) atoms. The summed E-state index contributed by atoms with van der Waals surface area (Å²) in [6, 6.07) is -0.0613. The van der Waals surface area contributed by atoms with E-state index < -0.39 is 0 Å². The van der Waals surface area contributed by atoms with Crippen molar-refractivity contribution in [2.24, 2.45) is 11.8 Å². The molecule has 0 bridgehead atoms. The first-order valence-electron chi connectivity index (χ1n) is 7.97. The summed E-state index contributed by atoms with van der Waals surface area (Å²) in [5.41, 5.74) is 0. The molecular formula is C16H32N2O3. The first-order chi connectivity index (χ1) is 9.88. The molecule has 3 unspecified atom stereocenters. The normalized spacial score (nSPS) is 24.4. The highest BCUT2D eigenvalue weighted by Gasteiger charge is 2.39. The number of methoxy groups -OCH3 is 2. The molecule has 0 aromatic heterocycles. The van der Waals surface area contributed by atoms with Gasteiger partial charge in [-0.3, -0.25) is 10.1 Å². The third kappa shape index (κ3) is 5.57. The van der Waals surface area contributed by atoms with E-state index in [0.29, 0.717) is 25.0 Å². The molecule has 0 saturated carbocycles. The van der Waals surface area contributed by atoms with Crippen molar-refractivity contribution in [2.45, 2.75) is 58.8 Å². The van der Waals surface area contributed by atoms with Crippen LogP contribution in [0.3, 0.4) is 0 Å². The maximum Gasteiger partial charge on any atom is 0.241 e. The zero-order chi connectivity index (χ0) is 16.0. The first-order valence-corrected chi connectivity index (χ1v) is 7.97. The summed E-state index contributed by atoms with van der Waals surface area (Å²) in [5.74, 6) is 1.25. The molecule has 0 aliphatic carbocycles. The number of nitrogens with one attached hydrogen (secondary N) is 1. The van der Waals surface area contributed by atoms with Gasteiger partial charge in [0.15, 0.2) is 0 Å². The van der Waals surface area contributed by atoms with Gasteiger partial charge in [-0.1, -0.05) is 27.7 Å². The topological polar surface area (TPSA) is 50.8 Å². The lowest BCUT2D eigenvalue weighted by Crippen LogP contribution is -2.44. The molecule has 1 rings (SSSR count). The van der Waals surface area contributed by atoms with Crippen molar-refractivity contribution < 1.29 is 14.3 Å². The Kier molecular flexibility index (Phi) is 7.63. The van der Waals surface area contributed by atoms with E-state index in [1.54, 1.807) is 14.2 Å². The molecule has 1 aliphatic rings. The highest BCUT2D eigenvalue weighted by atomic mass is 16.5. The standard InChI is InChI=1S/C16H32N2O3/c1-11(2)7-14-16(19)18(9-13(21-6)10-20-5)15(17-14)8-12(3)4/h11-15,17H,7-10H2,1-6H3. The van der Waals surface area contributed by atoms with E-state index in [-0.39, 0.29) is 24.2 Å². The highest BCUT2D eigenvalue weighted by Crippen LogP contribution is 2.22. The molecule has 0 spiro atoms. The lowest BCUT2D eigenvalue weighted by Gasteiger charge is -2.28. The van der Waals surface area contributed by atoms with E-state index in [0.717, 1.165) is 12.8 Å². The average molecular weight is 300 g/mol. The number of nitrogens with zero attached hydrogens (tertiary/aromatic N) is 1. The third-order valence-corrected chi connectivity index (χ3v) is 3.84. The summed E-state index contributed by atoms with van der Waals surface area (Å²) >= 11 is 0. The summed E-state index contributed by atoms with van der Waals surface area (Å²) < 4.78 is 10.6. The minimum Gasteiger partial charge on any atom is -0.382 e. The number of amides is 1. The molecule has 0 aromatic rings. The third-order valence-electron chi connectivity index (χ3n) is 3.84. The number of rotatable bonds is 9. The molecule has 1 heterocycles. The Bertz CT molecular complexity index is 321. The van der Waals surface area contributed by atoms with Crippen molar-refractivity contribution >= 4 is 5.91 Å². The maximum absolute atomic E-state index is 12.7. The zero-order valence-electron chi connectivity index (χ0n) is 14.4. The molecule has 124 valence electrons. The maximum atomic E-state index is 12.7. The molecule has 1 amide bonds. The fourth-order valence-electron chi connectivity index (χ4n) is 2.85. The number of hydrogen-bond acceptors (Lipinski definition) is 4. The predicted molar refractivity (Wildman–Crippen MR) is 84.0 cm³/mol. The summed E-state index contributed by atoms with van der Waals surface area (Å²) in [6.45, 7) is 9.76. The predicted octanol–water partition coefficient (Wildman–Crippen LogP) is 1.87. The lowest BCUT2D eigenvalue weighted by atomic mass is 10.0. The molecule has 1 aliphatic heterocycles. The monoisotopic (exact) mass is 300 g/mol. The Labute approximate surface area is 129 Å². The molecule has 3 atom stereocenters. The average Bonchev–Trinajstić information content (AvgIpc) is 2.65. The molecule has 5 heteroatoms. The van der Waals surface area contributed by atoms with Crippen molar-refractivity contribution in [1.29, 1.82) is 0 Å². The quantitative estimate of drug-likeness (QED) is 0.706. The minimum atomic E-state index is -0.0757. The van der Waals surface area contributed by atoms with Crippen LogP contribution < -0.4 is 5.32 Å². The van der Waals surface area contributed by atoms with Crippen LogP contribution in [0.2, 0.25) is 0 Å². The van der Waals surface area contributed by atoms with Gasteiger partial charge in [-0.05, 0) is 24.7 Å². The van der Waals surface area contributed by atoms with Crippen LogP contribution in [-0.4, -0.2) is 56.5 Å². The molecule has 0 radical (unpaired) electrons. The second-order valence-electron chi connectivity index (χ2n) is 6.80. The fraction of sp³-hybridized carbons (Fsp3) is 0.938. The van der Waals surface area contributed by atoms with Crippen molar-refractivity contribution in [3.8, 4) is 0 Å². The molecular weight excluding hydrogens is 268 g/mol. The van der Waals surface area contributed by atoms with E-state index in [9.17, 15) is 4.79 Å². The largest absolute Gasteiger partial charge is 0.382 e. The second-order valence-corrected chi connectivity index (χ2v) is 6.80. The van der Waals surface area contributed by atoms with E-state index in [2.05, 4.69) is 33.0 Å². The highest BCUT2D eigenvalue weighted by molar-refractivity contribution is 5.84. The summed E-state index contributed by atoms with van der Waals surface area (Å²) in [5, 5.41) is 3.51. The van der Waals surface area contributed by atoms with Crippen LogP contribution >= 0.6 is 0 Å². The Morgan fingerprint density at radius 3 is 2.24 bits per heavy atom. The van der Waals surface area contributed by atoms with Crippen molar-refractivity contribution in [1.82, 2.24) is 10.2 Å². The number of carbonyl (C=O) groups excluding carboxylic acids is 1. The van der Waals surface area contributed by atoms with E-state index in [4.69, 9.17) is 9.47 Å². The van der Waals surface area contributed by atoms with Crippen LogP contribution in [0, 0.1) is 11.8 Å².